The molecule has 1 aromatic rings. The van der Waals surface area contributed by atoms with Gasteiger partial charge in [0.15, 0.2) is 0 Å². The van der Waals surface area contributed by atoms with E-state index in [9.17, 15) is 13.6 Å². The highest BCUT2D eigenvalue weighted by Gasteiger charge is 2.34. The molecule has 1 aliphatic rings. The van der Waals surface area contributed by atoms with Crippen LogP contribution in [0.25, 0.3) is 0 Å². The van der Waals surface area contributed by atoms with Crippen molar-refractivity contribution in [2.45, 2.75) is 58.8 Å². The first-order chi connectivity index (χ1) is 11.8. The number of rotatable bonds is 2. The molecule has 1 fully saturated rings. The molecule has 5 nitrogen and oxygen atoms in total. The van der Waals surface area contributed by atoms with Gasteiger partial charge in [0.1, 0.15) is 17.2 Å². The van der Waals surface area contributed by atoms with E-state index in [2.05, 4.69) is 4.98 Å². The van der Waals surface area contributed by atoms with Gasteiger partial charge in [-0.05, 0) is 34.6 Å². The summed E-state index contributed by atoms with van der Waals surface area (Å²) in [5, 5.41) is 0. The highest BCUT2D eigenvalue weighted by molar-refractivity contribution is 5.68. The van der Waals surface area contributed by atoms with Gasteiger partial charge in [0, 0.05) is 40.5 Å². The van der Waals surface area contributed by atoms with Gasteiger partial charge in [0.2, 0.25) is 0 Å². The summed E-state index contributed by atoms with van der Waals surface area (Å²) in [5.41, 5.74) is -1.10. The molecular weight excluding hydrogens is 316 g/mol. The highest BCUT2D eigenvalue weighted by atomic mass is 19.1. The average Bonchev–Trinajstić information content (AvgIpc) is 2.46. The first-order valence-electron chi connectivity index (χ1n) is 8.91. The molecule has 2 heterocycles. The van der Waals surface area contributed by atoms with E-state index in [4.69, 9.17) is 7.48 Å². The molecule has 1 aliphatic heterocycles. The molecule has 0 aromatic carbocycles. The van der Waals surface area contributed by atoms with Crippen LogP contribution >= 0.6 is 0 Å². The molecule has 1 amide bonds. The minimum absolute atomic E-state index is 0.159. The zero-order valence-electron chi connectivity index (χ0n) is 16.6. The number of carbonyl (C=O) groups is 1. The maximum Gasteiger partial charge on any atom is 0.410 e. The van der Waals surface area contributed by atoms with Gasteiger partial charge in [-0.3, -0.25) is 9.88 Å². The number of hydrogen-bond donors (Lipinski definition) is 0. The summed E-state index contributed by atoms with van der Waals surface area (Å²) in [4.78, 5) is 19.0. The van der Waals surface area contributed by atoms with Crippen molar-refractivity contribution in [1.82, 2.24) is 14.8 Å². The molecule has 134 valence electrons. The molecule has 0 bridgehead atoms. The normalized spacial score (nSPS) is 24.4. The van der Waals surface area contributed by atoms with Crippen LogP contribution in [-0.4, -0.2) is 51.7 Å². The Labute approximate surface area is 144 Å². The largest absolute Gasteiger partial charge is 0.444 e. The Kier molecular flexibility index (Phi) is 4.60. The summed E-state index contributed by atoms with van der Waals surface area (Å²) in [7, 11) is 0. The molecule has 1 aromatic heterocycles. The lowest BCUT2D eigenvalue weighted by Gasteiger charge is -2.44. The number of nitrogens with zero attached hydrogens (tertiary/aromatic N) is 3. The Hall–Kier alpha value is -1.76. The van der Waals surface area contributed by atoms with Crippen molar-refractivity contribution in [3.63, 3.8) is 0 Å². The van der Waals surface area contributed by atoms with E-state index in [0.29, 0.717) is 6.07 Å². The van der Waals surface area contributed by atoms with E-state index in [1.807, 2.05) is 0 Å². The van der Waals surface area contributed by atoms with Gasteiger partial charge in [0.25, 0.3) is 0 Å². The van der Waals surface area contributed by atoms with Crippen LogP contribution in [0.4, 0.5) is 13.6 Å². The number of pyridine rings is 1. The Morgan fingerprint density at radius 2 is 2.04 bits per heavy atom. The lowest BCUT2D eigenvalue weighted by Crippen LogP contribution is -2.58. The van der Waals surface area contributed by atoms with Crippen LogP contribution in [0.3, 0.4) is 0 Å². The molecule has 1 saturated heterocycles. The molecule has 2 atom stereocenters. The summed E-state index contributed by atoms with van der Waals surface area (Å²) in [6, 6.07) is -0.148. The second-order valence-electron chi connectivity index (χ2n) is 7.08. The average molecular weight is 343 g/mol. The Balaban J connectivity index is 2.21. The fraction of sp³-hybridized carbons (Fsp3) is 0.647. The van der Waals surface area contributed by atoms with Gasteiger partial charge in [-0.2, -0.15) is 0 Å². The predicted molar refractivity (Wildman–Crippen MR) is 86.4 cm³/mol. The van der Waals surface area contributed by atoms with Crippen molar-refractivity contribution in [2.24, 2.45) is 0 Å². The van der Waals surface area contributed by atoms with Crippen LogP contribution in [0.1, 0.15) is 43.1 Å². The number of halogens is 2. The van der Waals surface area contributed by atoms with Gasteiger partial charge < -0.3 is 9.64 Å². The third-order valence-corrected chi connectivity index (χ3v) is 3.67. The zero-order chi connectivity index (χ0) is 19.9. The monoisotopic (exact) mass is 343 g/mol. The molecule has 0 saturated carbocycles. The molecule has 0 aliphatic carbocycles. The molecule has 0 spiro atoms. The number of piperazine rings is 1. The third kappa shape index (κ3) is 4.63. The fourth-order valence-corrected chi connectivity index (χ4v) is 2.49. The van der Waals surface area contributed by atoms with Crippen LogP contribution in [0.2, 0.25) is 0 Å². The summed E-state index contributed by atoms with van der Waals surface area (Å²) >= 11 is 0. The summed E-state index contributed by atoms with van der Waals surface area (Å²) in [6.07, 6.45) is 0.324. The van der Waals surface area contributed by atoms with E-state index in [0.717, 1.165) is 6.20 Å². The number of amides is 1. The molecule has 2 rings (SSSR count). The van der Waals surface area contributed by atoms with Gasteiger partial charge in [0.05, 0.1) is 11.9 Å². The first-order valence-corrected chi connectivity index (χ1v) is 7.91. The van der Waals surface area contributed by atoms with Crippen molar-refractivity contribution in [1.29, 1.82) is 0 Å². The van der Waals surface area contributed by atoms with E-state index >= 15 is 0 Å². The molecular formula is C17H25F2N3O2. The lowest BCUT2D eigenvalue weighted by molar-refractivity contribution is -0.0121. The molecule has 7 heteroatoms. The quantitative estimate of drug-likeness (QED) is 0.827. The predicted octanol–water partition coefficient (Wildman–Crippen LogP) is 3.19. The minimum atomic E-state index is -2.24. The van der Waals surface area contributed by atoms with Crippen LogP contribution in [-0.2, 0) is 11.2 Å². The van der Waals surface area contributed by atoms with Gasteiger partial charge in [-0.15, -0.1) is 0 Å². The summed E-state index contributed by atoms with van der Waals surface area (Å²) in [6.45, 7) is 6.97. The van der Waals surface area contributed by atoms with Gasteiger partial charge in [-0.1, -0.05) is 0 Å². The van der Waals surface area contributed by atoms with Crippen molar-refractivity contribution in [2.75, 3.05) is 13.1 Å². The molecule has 24 heavy (non-hydrogen) atoms. The van der Waals surface area contributed by atoms with Gasteiger partial charge in [-0.25, -0.2) is 13.6 Å². The maximum absolute atomic E-state index is 14.1. The van der Waals surface area contributed by atoms with E-state index in [-0.39, 0.29) is 19.1 Å². The van der Waals surface area contributed by atoms with Crippen LogP contribution in [0, 0.1) is 11.6 Å². The first kappa shape index (κ1) is 15.7. The van der Waals surface area contributed by atoms with Crippen LogP contribution in [0.15, 0.2) is 12.3 Å². The third-order valence-electron chi connectivity index (χ3n) is 3.67. The van der Waals surface area contributed by atoms with Crippen LogP contribution in [0.5, 0.6) is 0 Å². The van der Waals surface area contributed by atoms with Crippen molar-refractivity contribution >= 4 is 6.09 Å². The number of hydrogen-bond acceptors (Lipinski definition) is 4. The second kappa shape index (κ2) is 7.01. The topological polar surface area (TPSA) is 45.7 Å². The fourth-order valence-electron chi connectivity index (χ4n) is 2.49. The smallest absolute Gasteiger partial charge is 0.410 e. The van der Waals surface area contributed by atoms with E-state index in [1.165, 1.54) is 9.80 Å². The summed E-state index contributed by atoms with van der Waals surface area (Å²) < 4.78 is 49.2. The van der Waals surface area contributed by atoms with E-state index in [1.54, 1.807) is 34.6 Å². The highest BCUT2D eigenvalue weighted by Crippen LogP contribution is 2.21. The Bertz CT molecular complexity index is 682. The molecule has 0 radical (unpaired) electrons. The SMILES string of the molecule is [2H]C([2H])(c1ncc(F)cc1F)N1C[C@@H](C)N(C(=O)OC(C)(C)C)C[C@@H]1C. The summed E-state index contributed by atoms with van der Waals surface area (Å²) in [5.74, 6) is -1.90. The Morgan fingerprint density at radius 3 is 2.62 bits per heavy atom. The van der Waals surface area contributed by atoms with Crippen molar-refractivity contribution in [3.05, 3.63) is 29.6 Å². The standard InChI is InChI=1S/C17H25F2N3O2/c1-11-9-22(16(23)24-17(3,4)5)12(2)8-21(11)10-15-14(19)6-13(18)7-20-15/h6-7,11-12H,8-10H2,1-5H3/t11-,12+/m0/s1/i10D2. The van der Waals surface area contributed by atoms with Crippen LogP contribution < -0.4 is 0 Å². The number of carbonyl (C=O) groups excluding carboxylic acids is 1. The molecule has 0 unspecified atom stereocenters. The maximum atomic E-state index is 14.1. The molecule has 0 N–H and O–H groups in total. The lowest BCUT2D eigenvalue weighted by atomic mass is 10.1. The van der Waals surface area contributed by atoms with Crippen molar-refractivity contribution < 1.29 is 21.1 Å². The van der Waals surface area contributed by atoms with Gasteiger partial charge >= 0.3 is 6.09 Å². The Morgan fingerprint density at radius 1 is 1.38 bits per heavy atom. The minimum Gasteiger partial charge on any atom is -0.444 e. The van der Waals surface area contributed by atoms with Crippen molar-refractivity contribution in [3.8, 4) is 0 Å². The zero-order valence-corrected chi connectivity index (χ0v) is 14.6. The second-order valence-corrected chi connectivity index (χ2v) is 7.08. The number of aromatic nitrogens is 1. The van der Waals surface area contributed by atoms with E-state index < -0.39 is 41.6 Å². The number of ether oxygens (including phenoxy) is 1.